The predicted octanol–water partition coefficient (Wildman–Crippen LogP) is 0.0726. The highest BCUT2D eigenvalue weighted by molar-refractivity contribution is 5.93. The van der Waals surface area contributed by atoms with Crippen molar-refractivity contribution in [3.63, 3.8) is 0 Å². The van der Waals surface area contributed by atoms with Crippen molar-refractivity contribution in [2.45, 2.75) is 12.6 Å². The third-order valence-electron chi connectivity index (χ3n) is 3.15. The van der Waals surface area contributed by atoms with Gasteiger partial charge in [-0.3, -0.25) is 9.59 Å². The summed E-state index contributed by atoms with van der Waals surface area (Å²) in [4.78, 5) is 23.3. The summed E-state index contributed by atoms with van der Waals surface area (Å²) in [5.41, 5.74) is 1.55. The van der Waals surface area contributed by atoms with Gasteiger partial charge in [0, 0.05) is 25.7 Å². The molecule has 21 heavy (non-hydrogen) atoms. The van der Waals surface area contributed by atoms with Crippen LogP contribution in [-0.2, 0) is 16.1 Å². The van der Waals surface area contributed by atoms with E-state index in [4.69, 9.17) is 4.74 Å². The van der Waals surface area contributed by atoms with Crippen molar-refractivity contribution in [3.8, 4) is 0 Å². The van der Waals surface area contributed by atoms with E-state index in [1.165, 1.54) is 0 Å². The van der Waals surface area contributed by atoms with E-state index >= 15 is 0 Å². The molecule has 1 fully saturated rings. The molecule has 0 radical (unpaired) electrons. The lowest BCUT2D eigenvalue weighted by molar-refractivity contribution is -0.126. The van der Waals surface area contributed by atoms with Gasteiger partial charge in [-0.1, -0.05) is 12.1 Å². The topological polar surface area (TPSA) is 79.5 Å². The summed E-state index contributed by atoms with van der Waals surface area (Å²) in [6.07, 6.45) is 0. The van der Waals surface area contributed by atoms with Gasteiger partial charge in [-0.05, 0) is 17.7 Å². The molecular formula is C14H20ClN3O3. The lowest BCUT2D eigenvalue weighted by Gasteiger charge is -2.22. The van der Waals surface area contributed by atoms with E-state index < -0.39 is 0 Å². The molecule has 3 N–H and O–H groups in total. The zero-order chi connectivity index (χ0) is 14.4. The molecule has 1 aliphatic rings. The Kier molecular flexibility index (Phi) is 7.14. The highest BCUT2D eigenvalue weighted by atomic mass is 35.5. The van der Waals surface area contributed by atoms with Crippen molar-refractivity contribution >= 4 is 24.2 Å². The number of amides is 2. The summed E-state index contributed by atoms with van der Waals surface area (Å²) in [6, 6.07) is 6.85. The minimum Gasteiger partial charge on any atom is -0.378 e. The molecule has 1 aliphatic heterocycles. The number of rotatable bonds is 4. The molecule has 0 aliphatic carbocycles. The standard InChI is InChI=1S/C14H19N3O3.ClH/c1-15-13(18)11-4-2-10(3-5-11)8-17-14(19)12-9-20-7-6-16-12;/h2-5,12,16H,6-9H2,1H3,(H,15,18)(H,17,19);1H. The molecule has 1 saturated heterocycles. The fraction of sp³-hybridized carbons (Fsp3) is 0.429. The molecule has 1 aromatic carbocycles. The van der Waals surface area contributed by atoms with E-state index in [0.717, 1.165) is 5.56 Å². The van der Waals surface area contributed by atoms with E-state index in [1.807, 2.05) is 12.1 Å². The van der Waals surface area contributed by atoms with Gasteiger partial charge in [0.1, 0.15) is 6.04 Å². The first-order valence-electron chi connectivity index (χ1n) is 6.60. The average molecular weight is 314 g/mol. The minimum absolute atomic E-state index is 0. The number of hydrogen-bond acceptors (Lipinski definition) is 4. The number of carbonyl (C=O) groups is 2. The molecule has 0 spiro atoms. The van der Waals surface area contributed by atoms with Crippen molar-refractivity contribution < 1.29 is 14.3 Å². The largest absolute Gasteiger partial charge is 0.378 e. The van der Waals surface area contributed by atoms with Gasteiger partial charge in [0.25, 0.3) is 5.91 Å². The van der Waals surface area contributed by atoms with Gasteiger partial charge in [0.2, 0.25) is 5.91 Å². The number of ether oxygens (including phenoxy) is 1. The Morgan fingerprint density at radius 3 is 2.62 bits per heavy atom. The Hall–Kier alpha value is -1.63. The first-order valence-corrected chi connectivity index (χ1v) is 6.60. The Balaban J connectivity index is 0.00000220. The van der Waals surface area contributed by atoms with Crippen molar-refractivity contribution in [1.29, 1.82) is 0 Å². The van der Waals surface area contributed by atoms with Crippen LogP contribution in [0.4, 0.5) is 0 Å². The summed E-state index contributed by atoms with van der Waals surface area (Å²) < 4.78 is 5.24. The highest BCUT2D eigenvalue weighted by Crippen LogP contribution is 2.04. The Bertz CT molecular complexity index is 473. The molecule has 7 heteroatoms. The fourth-order valence-electron chi connectivity index (χ4n) is 1.96. The molecular weight excluding hydrogens is 294 g/mol. The van der Waals surface area contributed by atoms with Crippen LogP contribution in [0.1, 0.15) is 15.9 Å². The van der Waals surface area contributed by atoms with Crippen molar-refractivity contribution in [2.75, 3.05) is 26.8 Å². The van der Waals surface area contributed by atoms with Crippen LogP contribution < -0.4 is 16.0 Å². The van der Waals surface area contributed by atoms with Crippen molar-refractivity contribution in [1.82, 2.24) is 16.0 Å². The molecule has 1 unspecified atom stereocenters. The van der Waals surface area contributed by atoms with Crippen molar-refractivity contribution in [3.05, 3.63) is 35.4 Å². The summed E-state index contributed by atoms with van der Waals surface area (Å²) in [5, 5.41) is 8.51. The molecule has 0 saturated carbocycles. The molecule has 2 amide bonds. The molecule has 1 atom stereocenters. The van der Waals surface area contributed by atoms with E-state index in [0.29, 0.717) is 31.9 Å². The summed E-state index contributed by atoms with van der Waals surface area (Å²) in [6.45, 7) is 2.18. The van der Waals surface area contributed by atoms with Gasteiger partial charge < -0.3 is 20.7 Å². The van der Waals surface area contributed by atoms with Crippen LogP contribution in [0.25, 0.3) is 0 Å². The number of carbonyl (C=O) groups excluding carboxylic acids is 2. The lowest BCUT2D eigenvalue weighted by atomic mass is 10.1. The number of halogens is 1. The number of nitrogens with one attached hydrogen (secondary N) is 3. The third-order valence-corrected chi connectivity index (χ3v) is 3.15. The Labute approximate surface area is 130 Å². The van der Waals surface area contributed by atoms with Crippen LogP contribution in [0.2, 0.25) is 0 Å². The van der Waals surface area contributed by atoms with Crippen LogP contribution in [0.3, 0.4) is 0 Å². The lowest BCUT2D eigenvalue weighted by Crippen LogP contribution is -2.51. The maximum absolute atomic E-state index is 11.9. The fourth-order valence-corrected chi connectivity index (χ4v) is 1.96. The highest BCUT2D eigenvalue weighted by Gasteiger charge is 2.20. The first kappa shape index (κ1) is 17.4. The van der Waals surface area contributed by atoms with E-state index in [9.17, 15) is 9.59 Å². The van der Waals surface area contributed by atoms with Crippen LogP contribution in [0, 0.1) is 0 Å². The molecule has 2 rings (SSSR count). The molecule has 0 aromatic heterocycles. The Morgan fingerprint density at radius 1 is 1.33 bits per heavy atom. The average Bonchev–Trinajstić information content (AvgIpc) is 2.53. The second kappa shape index (κ2) is 8.61. The molecule has 6 nitrogen and oxygen atoms in total. The third kappa shape index (κ3) is 5.00. The van der Waals surface area contributed by atoms with Crippen LogP contribution in [-0.4, -0.2) is 44.7 Å². The SMILES string of the molecule is CNC(=O)c1ccc(CNC(=O)C2COCCN2)cc1.Cl. The quantitative estimate of drug-likeness (QED) is 0.735. The molecule has 116 valence electrons. The van der Waals surface area contributed by atoms with E-state index in [-0.39, 0.29) is 30.3 Å². The van der Waals surface area contributed by atoms with Gasteiger partial charge in [-0.2, -0.15) is 0 Å². The van der Waals surface area contributed by atoms with Gasteiger partial charge in [0.05, 0.1) is 13.2 Å². The zero-order valence-electron chi connectivity index (χ0n) is 11.8. The van der Waals surface area contributed by atoms with Crippen LogP contribution in [0.5, 0.6) is 0 Å². The Morgan fingerprint density at radius 2 is 2.05 bits per heavy atom. The molecule has 0 bridgehead atoms. The molecule has 1 heterocycles. The van der Waals surface area contributed by atoms with E-state index in [1.54, 1.807) is 19.2 Å². The first-order chi connectivity index (χ1) is 9.70. The smallest absolute Gasteiger partial charge is 0.251 e. The van der Waals surface area contributed by atoms with Crippen LogP contribution >= 0.6 is 12.4 Å². The van der Waals surface area contributed by atoms with Gasteiger partial charge in [-0.25, -0.2) is 0 Å². The monoisotopic (exact) mass is 313 g/mol. The van der Waals surface area contributed by atoms with Gasteiger partial charge in [-0.15, -0.1) is 12.4 Å². The predicted molar refractivity (Wildman–Crippen MR) is 81.5 cm³/mol. The van der Waals surface area contributed by atoms with Crippen LogP contribution in [0.15, 0.2) is 24.3 Å². The van der Waals surface area contributed by atoms with E-state index in [2.05, 4.69) is 16.0 Å². The zero-order valence-corrected chi connectivity index (χ0v) is 12.7. The second-order valence-corrected chi connectivity index (χ2v) is 4.58. The number of morpholine rings is 1. The normalized spacial score (nSPS) is 17.5. The number of hydrogen-bond donors (Lipinski definition) is 3. The maximum atomic E-state index is 11.9. The second-order valence-electron chi connectivity index (χ2n) is 4.58. The van der Waals surface area contributed by atoms with Gasteiger partial charge in [0.15, 0.2) is 0 Å². The summed E-state index contributed by atoms with van der Waals surface area (Å²) in [7, 11) is 1.59. The summed E-state index contributed by atoms with van der Waals surface area (Å²) in [5.74, 6) is -0.191. The van der Waals surface area contributed by atoms with Gasteiger partial charge >= 0.3 is 0 Å². The molecule has 1 aromatic rings. The maximum Gasteiger partial charge on any atom is 0.251 e. The minimum atomic E-state index is -0.283. The number of benzene rings is 1. The van der Waals surface area contributed by atoms with Crippen molar-refractivity contribution in [2.24, 2.45) is 0 Å². The summed E-state index contributed by atoms with van der Waals surface area (Å²) >= 11 is 0.